The summed E-state index contributed by atoms with van der Waals surface area (Å²) in [5.74, 6) is 1.43. The average Bonchev–Trinajstić information content (AvgIpc) is 3.44. The number of nitrogens with one attached hydrogen (secondary N) is 1. The van der Waals surface area contributed by atoms with E-state index in [9.17, 15) is 9.59 Å². The number of allylic oxidation sites excluding steroid dienone is 3. The fourth-order valence-corrected chi connectivity index (χ4v) is 6.35. The summed E-state index contributed by atoms with van der Waals surface area (Å²) >= 11 is 5.03. The zero-order chi connectivity index (χ0) is 21.1. The molecular weight excluding hydrogens is 434 g/mol. The van der Waals surface area contributed by atoms with E-state index in [0.717, 1.165) is 39.8 Å². The van der Waals surface area contributed by atoms with Crippen LogP contribution >= 0.6 is 34.4 Å². The van der Waals surface area contributed by atoms with Gasteiger partial charge in [-0.1, -0.05) is 19.1 Å². The summed E-state index contributed by atoms with van der Waals surface area (Å²) in [4.78, 5) is 28.7. The molecule has 2 unspecified atom stereocenters. The zero-order valence-electron chi connectivity index (χ0n) is 17.1. The van der Waals surface area contributed by atoms with Crippen molar-refractivity contribution in [3.63, 3.8) is 0 Å². The van der Waals surface area contributed by atoms with Crippen molar-refractivity contribution in [2.75, 3.05) is 18.1 Å². The van der Waals surface area contributed by atoms with E-state index in [4.69, 9.17) is 4.74 Å². The van der Waals surface area contributed by atoms with Gasteiger partial charge >= 0.3 is 5.97 Å². The molecule has 2 aliphatic rings. The first-order valence-electron chi connectivity index (χ1n) is 10.2. The Labute approximate surface area is 189 Å². The van der Waals surface area contributed by atoms with Crippen molar-refractivity contribution < 1.29 is 14.3 Å². The number of hydrogen-bond acceptors (Lipinski definition) is 7. The second-order valence-electron chi connectivity index (χ2n) is 7.38. The third kappa shape index (κ3) is 4.29. The number of thiophene rings is 2. The van der Waals surface area contributed by atoms with E-state index < -0.39 is 0 Å². The SMILES string of the molecule is CCSCCOC(=O)C1=C(C)NC2=C(C(=O)CC(c3cccs3)C2)C1c1cccs1. The van der Waals surface area contributed by atoms with E-state index in [-0.39, 0.29) is 23.6 Å². The Kier molecular flexibility index (Phi) is 6.80. The lowest BCUT2D eigenvalue weighted by atomic mass is 9.74. The molecule has 2 aromatic heterocycles. The molecule has 4 rings (SSSR count). The third-order valence-electron chi connectivity index (χ3n) is 5.49. The van der Waals surface area contributed by atoms with Gasteiger partial charge in [0.25, 0.3) is 0 Å². The van der Waals surface area contributed by atoms with Crippen LogP contribution in [0.4, 0.5) is 0 Å². The van der Waals surface area contributed by atoms with Gasteiger partial charge in [0.05, 0.1) is 11.5 Å². The molecule has 0 saturated heterocycles. The van der Waals surface area contributed by atoms with Crippen LogP contribution in [0, 0.1) is 0 Å². The number of esters is 1. The molecule has 2 atom stereocenters. The highest BCUT2D eigenvalue weighted by Crippen LogP contribution is 2.47. The van der Waals surface area contributed by atoms with Crippen LogP contribution in [0.2, 0.25) is 0 Å². The minimum absolute atomic E-state index is 0.125. The predicted octanol–water partition coefficient (Wildman–Crippen LogP) is 5.47. The second kappa shape index (κ2) is 9.54. The molecule has 0 amide bonds. The lowest BCUT2D eigenvalue weighted by molar-refractivity contribution is -0.138. The maximum Gasteiger partial charge on any atom is 0.336 e. The van der Waals surface area contributed by atoms with Crippen molar-refractivity contribution in [2.45, 2.75) is 38.5 Å². The van der Waals surface area contributed by atoms with Gasteiger partial charge in [-0.05, 0) is 42.0 Å². The molecule has 0 bridgehead atoms. The van der Waals surface area contributed by atoms with Gasteiger partial charge < -0.3 is 10.1 Å². The average molecular weight is 460 g/mol. The summed E-state index contributed by atoms with van der Waals surface area (Å²) in [7, 11) is 0. The van der Waals surface area contributed by atoms with Crippen LogP contribution in [0.1, 0.15) is 48.3 Å². The summed E-state index contributed by atoms with van der Waals surface area (Å²) < 4.78 is 5.59. The number of ketones is 1. The molecule has 3 heterocycles. The summed E-state index contributed by atoms with van der Waals surface area (Å²) in [6.45, 7) is 4.38. The molecule has 1 aliphatic carbocycles. The Bertz CT molecular complexity index is 974. The van der Waals surface area contributed by atoms with Crippen LogP contribution in [0.3, 0.4) is 0 Å². The fourth-order valence-electron chi connectivity index (χ4n) is 4.19. The highest BCUT2D eigenvalue weighted by Gasteiger charge is 2.41. The molecule has 7 heteroatoms. The molecule has 0 fully saturated rings. The number of rotatable bonds is 7. The lowest BCUT2D eigenvalue weighted by Crippen LogP contribution is -2.35. The standard InChI is InChI=1S/C23H25NO3S3/c1-3-28-11-8-27-23(26)20-14(2)24-16-12-15(18-6-4-9-29-18)13-17(25)21(16)22(20)19-7-5-10-30-19/h4-7,9-10,15,22,24H,3,8,11-13H2,1-2H3. The van der Waals surface area contributed by atoms with Crippen molar-refractivity contribution >= 4 is 46.2 Å². The minimum atomic E-state index is -0.343. The van der Waals surface area contributed by atoms with Gasteiger partial charge in [-0.25, -0.2) is 4.79 Å². The van der Waals surface area contributed by atoms with E-state index in [0.29, 0.717) is 18.6 Å². The van der Waals surface area contributed by atoms with E-state index in [2.05, 4.69) is 23.7 Å². The van der Waals surface area contributed by atoms with Crippen LogP contribution in [0.25, 0.3) is 0 Å². The van der Waals surface area contributed by atoms with Gasteiger partial charge in [0, 0.05) is 44.8 Å². The van der Waals surface area contributed by atoms with Gasteiger partial charge in [-0.3, -0.25) is 4.79 Å². The minimum Gasteiger partial charge on any atom is -0.461 e. The van der Waals surface area contributed by atoms with Gasteiger partial charge in [-0.2, -0.15) is 11.8 Å². The first-order chi connectivity index (χ1) is 14.6. The summed E-state index contributed by atoms with van der Waals surface area (Å²) in [5.41, 5.74) is 3.06. The molecular formula is C23H25NO3S3. The molecule has 30 heavy (non-hydrogen) atoms. The van der Waals surface area contributed by atoms with Crippen LogP contribution < -0.4 is 5.32 Å². The van der Waals surface area contributed by atoms with E-state index in [1.807, 2.05) is 30.5 Å². The molecule has 2 aromatic rings. The van der Waals surface area contributed by atoms with Crippen LogP contribution in [0.15, 0.2) is 57.6 Å². The summed E-state index contributed by atoms with van der Waals surface area (Å²) in [6.07, 6.45) is 1.27. The van der Waals surface area contributed by atoms with Crippen molar-refractivity contribution in [3.8, 4) is 0 Å². The number of ether oxygens (including phenoxy) is 1. The summed E-state index contributed by atoms with van der Waals surface area (Å²) in [5, 5.41) is 7.46. The van der Waals surface area contributed by atoms with Gasteiger partial charge in [0.15, 0.2) is 5.78 Å². The van der Waals surface area contributed by atoms with E-state index in [1.54, 1.807) is 34.4 Å². The van der Waals surface area contributed by atoms with Gasteiger partial charge in [0.2, 0.25) is 0 Å². The molecule has 0 spiro atoms. The van der Waals surface area contributed by atoms with Crippen molar-refractivity contribution in [3.05, 3.63) is 67.3 Å². The number of carbonyl (C=O) groups is 2. The number of hydrogen-bond donors (Lipinski definition) is 1. The van der Waals surface area contributed by atoms with Crippen LogP contribution in [-0.4, -0.2) is 29.9 Å². The van der Waals surface area contributed by atoms with Crippen molar-refractivity contribution in [2.24, 2.45) is 0 Å². The third-order valence-corrected chi connectivity index (χ3v) is 8.32. The molecule has 4 nitrogen and oxygen atoms in total. The predicted molar refractivity (Wildman–Crippen MR) is 125 cm³/mol. The quantitative estimate of drug-likeness (QED) is 0.440. The Morgan fingerprint density at radius 3 is 2.60 bits per heavy atom. The first kappa shape index (κ1) is 21.4. The van der Waals surface area contributed by atoms with Crippen LogP contribution in [0.5, 0.6) is 0 Å². The Hall–Kier alpha value is -1.83. The number of Topliss-reactive ketones (excluding diaryl/α,β-unsaturated/α-hetero) is 1. The normalized spacial score (nSPS) is 21.5. The van der Waals surface area contributed by atoms with Crippen molar-refractivity contribution in [1.82, 2.24) is 5.32 Å². The van der Waals surface area contributed by atoms with Crippen LogP contribution in [-0.2, 0) is 14.3 Å². The molecule has 0 saturated carbocycles. The number of carbonyl (C=O) groups excluding carboxylic acids is 2. The molecule has 1 aliphatic heterocycles. The summed E-state index contributed by atoms with van der Waals surface area (Å²) in [6, 6.07) is 8.12. The first-order valence-corrected chi connectivity index (χ1v) is 13.1. The Balaban J connectivity index is 1.66. The molecule has 0 aromatic carbocycles. The fraction of sp³-hybridized carbons (Fsp3) is 0.391. The highest BCUT2D eigenvalue weighted by molar-refractivity contribution is 7.99. The van der Waals surface area contributed by atoms with E-state index >= 15 is 0 Å². The maximum absolute atomic E-state index is 13.3. The topological polar surface area (TPSA) is 55.4 Å². The number of thioether (sulfide) groups is 1. The van der Waals surface area contributed by atoms with Gasteiger partial charge in [0.1, 0.15) is 6.61 Å². The monoisotopic (exact) mass is 459 g/mol. The second-order valence-corrected chi connectivity index (χ2v) is 10.7. The Morgan fingerprint density at radius 1 is 1.20 bits per heavy atom. The Morgan fingerprint density at radius 2 is 1.93 bits per heavy atom. The zero-order valence-corrected chi connectivity index (χ0v) is 19.6. The number of dihydropyridines is 1. The van der Waals surface area contributed by atoms with Gasteiger partial charge in [-0.15, -0.1) is 22.7 Å². The maximum atomic E-state index is 13.3. The lowest BCUT2D eigenvalue weighted by Gasteiger charge is -2.35. The molecule has 1 N–H and O–H groups in total. The molecule has 158 valence electrons. The molecule has 0 radical (unpaired) electrons. The smallest absolute Gasteiger partial charge is 0.336 e. The van der Waals surface area contributed by atoms with E-state index in [1.165, 1.54) is 4.88 Å². The highest BCUT2D eigenvalue weighted by atomic mass is 32.2. The largest absolute Gasteiger partial charge is 0.461 e. The van der Waals surface area contributed by atoms with Crippen molar-refractivity contribution in [1.29, 1.82) is 0 Å².